The van der Waals surface area contributed by atoms with Crippen molar-refractivity contribution in [3.63, 3.8) is 0 Å². The van der Waals surface area contributed by atoms with E-state index >= 15 is 0 Å². The summed E-state index contributed by atoms with van der Waals surface area (Å²) in [5.41, 5.74) is -0.392. The zero-order valence-electron chi connectivity index (χ0n) is 10.8. The number of ether oxygens (including phenoxy) is 1. The molecule has 1 aliphatic rings. The monoisotopic (exact) mass is 230 g/mol. The largest absolute Gasteiger partial charge is 0.388 e. The molecule has 4 heteroatoms. The fourth-order valence-corrected chi connectivity index (χ4v) is 1.78. The predicted octanol–water partition coefficient (Wildman–Crippen LogP) is 0.506. The molecule has 1 aliphatic heterocycles. The highest BCUT2D eigenvalue weighted by Crippen LogP contribution is 2.18. The lowest BCUT2D eigenvalue weighted by molar-refractivity contribution is -0.0614. The van der Waals surface area contributed by atoms with Gasteiger partial charge < -0.3 is 20.5 Å². The number of nitrogens with one attached hydrogen (secondary N) is 2. The molecule has 0 saturated carbocycles. The van der Waals surface area contributed by atoms with E-state index in [-0.39, 0.29) is 5.54 Å². The Bertz CT molecular complexity index is 196. The second-order valence-corrected chi connectivity index (χ2v) is 5.69. The van der Waals surface area contributed by atoms with Crippen LogP contribution in [-0.2, 0) is 4.74 Å². The first-order valence-electron chi connectivity index (χ1n) is 6.17. The van der Waals surface area contributed by atoms with Crippen molar-refractivity contribution >= 4 is 0 Å². The van der Waals surface area contributed by atoms with Crippen LogP contribution in [0.1, 0.15) is 33.6 Å². The lowest BCUT2D eigenvalue weighted by Crippen LogP contribution is -2.47. The summed E-state index contributed by atoms with van der Waals surface area (Å²) >= 11 is 0. The molecule has 16 heavy (non-hydrogen) atoms. The maximum absolute atomic E-state index is 10.2. The van der Waals surface area contributed by atoms with Gasteiger partial charge in [-0.2, -0.15) is 0 Å². The van der Waals surface area contributed by atoms with Crippen molar-refractivity contribution in [2.24, 2.45) is 0 Å². The first-order valence-corrected chi connectivity index (χ1v) is 6.17. The van der Waals surface area contributed by atoms with Crippen LogP contribution in [0.5, 0.6) is 0 Å². The number of rotatable bonds is 5. The van der Waals surface area contributed by atoms with Crippen molar-refractivity contribution in [1.29, 1.82) is 0 Å². The van der Waals surface area contributed by atoms with Crippen molar-refractivity contribution in [3.05, 3.63) is 0 Å². The summed E-state index contributed by atoms with van der Waals surface area (Å²) < 4.78 is 5.24. The van der Waals surface area contributed by atoms with E-state index in [9.17, 15) is 5.11 Å². The van der Waals surface area contributed by atoms with Gasteiger partial charge in [0, 0.05) is 51.2 Å². The Kier molecular flexibility index (Phi) is 5.18. The molecule has 1 heterocycles. The van der Waals surface area contributed by atoms with Crippen LogP contribution in [0.3, 0.4) is 0 Å². The topological polar surface area (TPSA) is 53.5 Å². The van der Waals surface area contributed by atoms with Gasteiger partial charge in [-0.15, -0.1) is 0 Å². The lowest BCUT2D eigenvalue weighted by Gasteiger charge is -2.32. The summed E-state index contributed by atoms with van der Waals surface area (Å²) in [6, 6.07) is 0. The Morgan fingerprint density at radius 1 is 1.19 bits per heavy atom. The van der Waals surface area contributed by atoms with Gasteiger partial charge in [0.2, 0.25) is 0 Å². The molecular formula is C12H26N2O2. The van der Waals surface area contributed by atoms with Crippen molar-refractivity contribution in [2.45, 2.75) is 44.8 Å². The maximum atomic E-state index is 10.2. The van der Waals surface area contributed by atoms with Crippen molar-refractivity contribution < 1.29 is 9.84 Å². The Morgan fingerprint density at radius 3 is 2.38 bits per heavy atom. The molecule has 0 aromatic carbocycles. The van der Waals surface area contributed by atoms with E-state index in [4.69, 9.17) is 4.74 Å². The maximum Gasteiger partial charge on any atom is 0.0815 e. The van der Waals surface area contributed by atoms with E-state index in [0.29, 0.717) is 19.8 Å². The fraction of sp³-hybridized carbons (Fsp3) is 1.00. The van der Waals surface area contributed by atoms with Crippen LogP contribution in [0.2, 0.25) is 0 Å². The quantitative estimate of drug-likeness (QED) is 0.602. The third kappa shape index (κ3) is 5.80. The summed E-state index contributed by atoms with van der Waals surface area (Å²) in [6.07, 6.45) is 1.49. The van der Waals surface area contributed by atoms with Crippen molar-refractivity contribution in [3.8, 4) is 0 Å². The van der Waals surface area contributed by atoms with E-state index in [2.05, 4.69) is 31.4 Å². The second kappa shape index (κ2) is 5.96. The van der Waals surface area contributed by atoms with Gasteiger partial charge in [-0.25, -0.2) is 0 Å². The normalized spacial score (nSPS) is 21.0. The molecule has 96 valence electrons. The van der Waals surface area contributed by atoms with Crippen LogP contribution < -0.4 is 10.6 Å². The molecule has 0 aromatic heterocycles. The molecule has 0 bridgehead atoms. The van der Waals surface area contributed by atoms with Crippen LogP contribution in [0.4, 0.5) is 0 Å². The Labute approximate surface area is 98.8 Å². The zero-order chi connectivity index (χ0) is 12.1. The molecule has 1 saturated heterocycles. The SMILES string of the molecule is CC(C)(C)NCCNCC1(O)CCOCC1. The van der Waals surface area contributed by atoms with E-state index in [1.807, 2.05) is 0 Å². The summed E-state index contributed by atoms with van der Waals surface area (Å²) in [7, 11) is 0. The molecule has 0 spiro atoms. The van der Waals surface area contributed by atoms with Gasteiger partial charge in [-0.3, -0.25) is 0 Å². The minimum atomic E-state index is -0.556. The van der Waals surface area contributed by atoms with Gasteiger partial charge in [0.05, 0.1) is 5.60 Å². The van der Waals surface area contributed by atoms with Crippen LogP contribution in [0.15, 0.2) is 0 Å². The molecule has 0 aromatic rings. The molecule has 0 radical (unpaired) electrons. The van der Waals surface area contributed by atoms with Crippen LogP contribution >= 0.6 is 0 Å². The summed E-state index contributed by atoms with van der Waals surface area (Å²) in [4.78, 5) is 0. The average Bonchev–Trinajstić information content (AvgIpc) is 2.16. The van der Waals surface area contributed by atoms with Crippen molar-refractivity contribution in [1.82, 2.24) is 10.6 Å². The minimum Gasteiger partial charge on any atom is -0.388 e. The van der Waals surface area contributed by atoms with E-state index in [1.54, 1.807) is 0 Å². The summed E-state index contributed by atoms with van der Waals surface area (Å²) in [5.74, 6) is 0. The van der Waals surface area contributed by atoms with E-state index in [0.717, 1.165) is 25.9 Å². The highest BCUT2D eigenvalue weighted by Gasteiger charge is 2.28. The van der Waals surface area contributed by atoms with Crippen LogP contribution in [0, 0.1) is 0 Å². The third-order valence-electron chi connectivity index (χ3n) is 2.83. The highest BCUT2D eigenvalue weighted by atomic mass is 16.5. The standard InChI is InChI=1S/C12H26N2O2/c1-11(2,3)14-7-6-13-10-12(15)4-8-16-9-5-12/h13-15H,4-10H2,1-3H3. The van der Waals surface area contributed by atoms with Gasteiger partial charge in [-0.1, -0.05) is 0 Å². The van der Waals surface area contributed by atoms with Gasteiger partial charge in [0.1, 0.15) is 0 Å². The van der Waals surface area contributed by atoms with Crippen LogP contribution in [-0.4, -0.2) is 49.1 Å². The molecule has 4 nitrogen and oxygen atoms in total. The van der Waals surface area contributed by atoms with Crippen molar-refractivity contribution in [2.75, 3.05) is 32.8 Å². The van der Waals surface area contributed by atoms with Gasteiger partial charge in [-0.05, 0) is 20.8 Å². The molecule has 1 fully saturated rings. The molecule has 1 rings (SSSR count). The van der Waals surface area contributed by atoms with Gasteiger partial charge in [0.25, 0.3) is 0 Å². The van der Waals surface area contributed by atoms with E-state index in [1.165, 1.54) is 0 Å². The number of hydrogen-bond donors (Lipinski definition) is 3. The average molecular weight is 230 g/mol. The summed E-state index contributed by atoms with van der Waals surface area (Å²) in [6.45, 7) is 10.3. The lowest BCUT2D eigenvalue weighted by atomic mass is 9.94. The predicted molar refractivity (Wildman–Crippen MR) is 65.6 cm³/mol. The first kappa shape index (κ1) is 13.9. The Morgan fingerprint density at radius 2 is 1.81 bits per heavy atom. The van der Waals surface area contributed by atoms with Gasteiger partial charge >= 0.3 is 0 Å². The Balaban J connectivity index is 2.06. The zero-order valence-corrected chi connectivity index (χ0v) is 10.8. The molecule has 3 N–H and O–H groups in total. The number of hydrogen-bond acceptors (Lipinski definition) is 4. The van der Waals surface area contributed by atoms with Gasteiger partial charge in [0.15, 0.2) is 0 Å². The fourth-order valence-electron chi connectivity index (χ4n) is 1.78. The highest BCUT2D eigenvalue weighted by molar-refractivity contribution is 4.83. The molecular weight excluding hydrogens is 204 g/mol. The second-order valence-electron chi connectivity index (χ2n) is 5.69. The smallest absolute Gasteiger partial charge is 0.0815 e. The van der Waals surface area contributed by atoms with Crippen LogP contribution in [0.25, 0.3) is 0 Å². The number of aliphatic hydroxyl groups is 1. The molecule has 0 unspecified atom stereocenters. The first-order chi connectivity index (χ1) is 7.41. The summed E-state index contributed by atoms with van der Waals surface area (Å²) in [5, 5.41) is 16.9. The third-order valence-corrected chi connectivity index (χ3v) is 2.83. The molecule has 0 amide bonds. The molecule has 0 aliphatic carbocycles. The minimum absolute atomic E-state index is 0.164. The molecule has 0 atom stereocenters. The van der Waals surface area contributed by atoms with E-state index < -0.39 is 5.60 Å². The Hall–Kier alpha value is -0.160.